The minimum atomic E-state index is -0.548. The van der Waals surface area contributed by atoms with Crippen LogP contribution < -0.4 is 10.6 Å². The van der Waals surface area contributed by atoms with Gasteiger partial charge in [-0.1, -0.05) is 23.7 Å². The fraction of sp³-hybridized carbons (Fsp3) is 0.500. The predicted octanol–water partition coefficient (Wildman–Crippen LogP) is 2.29. The third-order valence-corrected chi connectivity index (χ3v) is 4.38. The van der Waals surface area contributed by atoms with Crippen LogP contribution in [0.4, 0.5) is 0 Å². The van der Waals surface area contributed by atoms with Gasteiger partial charge >= 0.3 is 0 Å². The SMILES string of the molecule is CNCCN(C)C(=O)C(CCSC)NC(=O)c1ccccc1Cl.Cl. The number of hydrogen-bond donors (Lipinski definition) is 2. The van der Waals surface area contributed by atoms with Gasteiger partial charge in [-0.2, -0.15) is 11.8 Å². The standard InChI is InChI=1S/C16H24ClN3O2S.ClH/c1-18-9-10-20(2)16(22)14(8-11-23-3)19-15(21)12-6-4-5-7-13(12)17;/h4-7,14,18H,8-11H2,1-3H3,(H,19,21);1H. The summed E-state index contributed by atoms with van der Waals surface area (Å²) in [4.78, 5) is 26.6. The van der Waals surface area contributed by atoms with E-state index in [0.29, 0.717) is 30.1 Å². The summed E-state index contributed by atoms with van der Waals surface area (Å²) in [6.07, 6.45) is 2.56. The van der Waals surface area contributed by atoms with Gasteiger partial charge in [0.05, 0.1) is 10.6 Å². The molecule has 0 bridgehead atoms. The maximum absolute atomic E-state index is 12.5. The number of hydrogen-bond acceptors (Lipinski definition) is 4. The Balaban J connectivity index is 0.00000529. The Morgan fingerprint density at radius 3 is 2.58 bits per heavy atom. The third-order valence-electron chi connectivity index (χ3n) is 3.41. The molecule has 0 aliphatic heterocycles. The Morgan fingerprint density at radius 1 is 1.33 bits per heavy atom. The van der Waals surface area contributed by atoms with Gasteiger partial charge in [-0.15, -0.1) is 12.4 Å². The number of carbonyl (C=O) groups excluding carboxylic acids is 2. The second-order valence-corrected chi connectivity index (χ2v) is 6.54. The van der Waals surface area contributed by atoms with Gasteiger partial charge in [-0.05, 0) is 37.6 Å². The molecule has 5 nitrogen and oxygen atoms in total. The van der Waals surface area contributed by atoms with Gasteiger partial charge in [0.2, 0.25) is 5.91 Å². The number of amides is 2. The van der Waals surface area contributed by atoms with Crippen LogP contribution in [0, 0.1) is 0 Å². The number of halogens is 2. The molecule has 2 N–H and O–H groups in total. The molecule has 1 aromatic rings. The summed E-state index contributed by atoms with van der Waals surface area (Å²) in [6.45, 7) is 1.29. The van der Waals surface area contributed by atoms with Crippen molar-refractivity contribution in [2.75, 3.05) is 39.2 Å². The molecule has 0 radical (unpaired) electrons. The molecule has 0 saturated carbocycles. The lowest BCUT2D eigenvalue weighted by molar-refractivity contribution is -0.131. The lowest BCUT2D eigenvalue weighted by Gasteiger charge is -2.24. The van der Waals surface area contributed by atoms with E-state index in [0.717, 1.165) is 5.75 Å². The number of nitrogens with zero attached hydrogens (tertiary/aromatic N) is 1. The van der Waals surface area contributed by atoms with E-state index in [1.807, 2.05) is 13.3 Å². The van der Waals surface area contributed by atoms with E-state index in [1.54, 1.807) is 48.0 Å². The molecular weight excluding hydrogens is 369 g/mol. The number of nitrogens with one attached hydrogen (secondary N) is 2. The van der Waals surface area contributed by atoms with Gasteiger partial charge in [0, 0.05) is 20.1 Å². The Hall–Kier alpha value is -0.950. The van der Waals surface area contributed by atoms with Gasteiger partial charge in [-0.25, -0.2) is 0 Å². The van der Waals surface area contributed by atoms with Gasteiger partial charge in [-0.3, -0.25) is 9.59 Å². The van der Waals surface area contributed by atoms with Crippen molar-refractivity contribution in [3.8, 4) is 0 Å². The monoisotopic (exact) mass is 393 g/mol. The van der Waals surface area contributed by atoms with Crippen molar-refractivity contribution < 1.29 is 9.59 Å². The van der Waals surface area contributed by atoms with E-state index < -0.39 is 6.04 Å². The van der Waals surface area contributed by atoms with Crippen LogP contribution in [0.15, 0.2) is 24.3 Å². The zero-order chi connectivity index (χ0) is 17.2. The first-order valence-corrected chi connectivity index (χ1v) is 9.22. The van der Waals surface area contributed by atoms with Crippen molar-refractivity contribution in [3.63, 3.8) is 0 Å². The smallest absolute Gasteiger partial charge is 0.253 e. The molecule has 8 heteroatoms. The normalized spacial score (nSPS) is 11.3. The predicted molar refractivity (Wildman–Crippen MR) is 105 cm³/mol. The first kappa shape index (κ1) is 23.1. The van der Waals surface area contributed by atoms with Gasteiger partial charge < -0.3 is 15.5 Å². The average molecular weight is 394 g/mol. The maximum Gasteiger partial charge on any atom is 0.253 e. The Morgan fingerprint density at radius 2 is 2.00 bits per heavy atom. The van der Waals surface area contributed by atoms with E-state index in [-0.39, 0.29) is 24.2 Å². The minimum Gasteiger partial charge on any atom is -0.343 e. The van der Waals surface area contributed by atoms with Crippen LogP contribution in [0.3, 0.4) is 0 Å². The lowest BCUT2D eigenvalue weighted by atomic mass is 10.1. The molecule has 2 amide bonds. The van der Waals surface area contributed by atoms with Crippen LogP contribution in [-0.2, 0) is 4.79 Å². The molecule has 0 aliphatic carbocycles. The van der Waals surface area contributed by atoms with Crippen molar-refractivity contribution in [1.29, 1.82) is 0 Å². The van der Waals surface area contributed by atoms with E-state index in [1.165, 1.54) is 0 Å². The van der Waals surface area contributed by atoms with Crippen LogP contribution in [0.25, 0.3) is 0 Å². The summed E-state index contributed by atoms with van der Waals surface area (Å²) in [5.74, 6) is 0.380. The van der Waals surface area contributed by atoms with Crippen molar-refractivity contribution in [2.24, 2.45) is 0 Å². The molecule has 1 rings (SSSR count). The maximum atomic E-state index is 12.5. The topological polar surface area (TPSA) is 61.4 Å². The largest absolute Gasteiger partial charge is 0.343 e. The molecule has 0 aromatic heterocycles. The van der Waals surface area contributed by atoms with Crippen LogP contribution in [-0.4, -0.2) is 61.9 Å². The highest BCUT2D eigenvalue weighted by Gasteiger charge is 2.24. The molecule has 0 heterocycles. The molecule has 1 unspecified atom stereocenters. The molecule has 24 heavy (non-hydrogen) atoms. The summed E-state index contributed by atoms with van der Waals surface area (Å²) in [6, 6.07) is 6.28. The van der Waals surface area contributed by atoms with Gasteiger partial charge in [0.25, 0.3) is 5.91 Å². The molecule has 1 aromatic carbocycles. The second-order valence-electron chi connectivity index (χ2n) is 5.15. The van der Waals surface area contributed by atoms with Crippen molar-refractivity contribution in [1.82, 2.24) is 15.5 Å². The first-order valence-electron chi connectivity index (χ1n) is 7.45. The summed E-state index contributed by atoms with van der Waals surface area (Å²) >= 11 is 7.69. The number of rotatable bonds is 9. The van der Waals surface area contributed by atoms with Crippen molar-refractivity contribution in [3.05, 3.63) is 34.9 Å². The summed E-state index contributed by atoms with van der Waals surface area (Å²) < 4.78 is 0. The molecule has 0 fully saturated rings. The van der Waals surface area contributed by atoms with Crippen molar-refractivity contribution >= 4 is 47.6 Å². The quantitative estimate of drug-likeness (QED) is 0.675. The second kappa shape index (κ2) is 12.4. The molecule has 0 saturated heterocycles. The summed E-state index contributed by atoms with van der Waals surface area (Å²) in [7, 11) is 3.58. The van der Waals surface area contributed by atoms with E-state index in [4.69, 9.17) is 11.6 Å². The number of carbonyl (C=O) groups is 2. The zero-order valence-corrected chi connectivity index (χ0v) is 16.6. The molecule has 0 aliphatic rings. The van der Waals surface area contributed by atoms with Crippen LogP contribution in [0.1, 0.15) is 16.8 Å². The van der Waals surface area contributed by atoms with E-state index >= 15 is 0 Å². The lowest BCUT2D eigenvalue weighted by Crippen LogP contribution is -2.48. The van der Waals surface area contributed by atoms with E-state index in [2.05, 4.69) is 10.6 Å². The van der Waals surface area contributed by atoms with Crippen LogP contribution in [0.5, 0.6) is 0 Å². The molecule has 1 atom stereocenters. The summed E-state index contributed by atoms with van der Waals surface area (Å²) in [5, 5.41) is 6.20. The van der Waals surface area contributed by atoms with Gasteiger partial charge in [0.15, 0.2) is 0 Å². The summed E-state index contributed by atoms with van der Waals surface area (Å²) in [5.41, 5.74) is 0.383. The zero-order valence-electron chi connectivity index (χ0n) is 14.2. The molecular formula is C16H25Cl2N3O2S. The number of benzene rings is 1. The van der Waals surface area contributed by atoms with Crippen LogP contribution >= 0.6 is 35.8 Å². The Labute approximate surface area is 159 Å². The number of likely N-dealkylation sites (N-methyl/N-ethyl adjacent to an activating group) is 2. The Bertz CT molecular complexity index is 532. The molecule has 0 spiro atoms. The highest BCUT2D eigenvalue weighted by molar-refractivity contribution is 7.98. The highest BCUT2D eigenvalue weighted by atomic mass is 35.5. The van der Waals surface area contributed by atoms with Crippen molar-refractivity contribution in [2.45, 2.75) is 12.5 Å². The van der Waals surface area contributed by atoms with E-state index in [9.17, 15) is 9.59 Å². The Kier molecular flexibility index (Phi) is 11.9. The fourth-order valence-corrected chi connectivity index (χ4v) is 2.72. The number of thioether (sulfide) groups is 1. The van der Waals surface area contributed by atoms with Crippen LogP contribution in [0.2, 0.25) is 5.02 Å². The van der Waals surface area contributed by atoms with Gasteiger partial charge in [0.1, 0.15) is 6.04 Å². The fourth-order valence-electron chi connectivity index (χ4n) is 2.03. The first-order chi connectivity index (χ1) is 11.0. The minimum absolute atomic E-state index is 0. The average Bonchev–Trinajstić information content (AvgIpc) is 2.55. The molecule has 136 valence electrons. The third kappa shape index (κ3) is 7.30. The highest BCUT2D eigenvalue weighted by Crippen LogP contribution is 2.15.